The monoisotopic (exact) mass is 480 g/mol. The summed E-state index contributed by atoms with van der Waals surface area (Å²) >= 11 is 0. The number of carbonyl (C=O) groups excluding carboxylic acids is 3. The van der Waals surface area contributed by atoms with Crippen LogP contribution in [0.5, 0.6) is 11.5 Å². The molecular weight excluding hydrogens is 456 g/mol. The molecule has 11 nitrogen and oxygen atoms in total. The van der Waals surface area contributed by atoms with Crippen LogP contribution in [0.1, 0.15) is 20.7 Å². The van der Waals surface area contributed by atoms with E-state index in [0.29, 0.717) is 5.75 Å². The molecule has 1 N–H and O–H groups in total. The van der Waals surface area contributed by atoms with Gasteiger partial charge >= 0.3 is 11.9 Å². The normalized spacial score (nSPS) is 11.0. The highest BCUT2D eigenvalue weighted by Gasteiger charge is 2.25. The highest BCUT2D eigenvalue weighted by Crippen LogP contribution is 2.30. The van der Waals surface area contributed by atoms with Crippen molar-refractivity contribution in [3.05, 3.63) is 47.5 Å². The van der Waals surface area contributed by atoms with Gasteiger partial charge in [0.1, 0.15) is 0 Å². The predicted octanol–water partition coefficient (Wildman–Crippen LogP) is 1.54. The lowest BCUT2D eigenvalue weighted by molar-refractivity contribution is -0.116. The molecule has 1 amide bonds. The van der Waals surface area contributed by atoms with Crippen LogP contribution >= 0.6 is 0 Å². The molecule has 0 aromatic heterocycles. The number of esters is 2. The number of hydrogen-bond acceptors (Lipinski definition) is 9. The first-order valence-electron chi connectivity index (χ1n) is 9.37. The van der Waals surface area contributed by atoms with Crippen LogP contribution in [0.15, 0.2) is 41.3 Å². The van der Waals surface area contributed by atoms with Crippen molar-refractivity contribution >= 4 is 33.6 Å². The number of nitrogens with zero attached hydrogens (tertiary/aromatic N) is 1. The van der Waals surface area contributed by atoms with Gasteiger partial charge in [-0.2, -0.15) is 4.31 Å². The molecule has 0 saturated carbocycles. The number of anilines is 1. The van der Waals surface area contributed by atoms with Gasteiger partial charge in [-0.1, -0.05) is 0 Å². The van der Waals surface area contributed by atoms with Crippen LogP contribution in [0.25, 0.3) is 0 Å². The first-order valence-corrected chi connectivity index (χ1v) is 10.8. The lowest BCUT2D eigenvalue weighted by atomic mass is 10.1. The summed E-state index contributed by atoms with van der Waals surface area (Å²) in [5.74, 6) is -1.65. The Bertz CT molecular complexity index is 1160. The second-order valence-corrected chi connectivity index (χ2v) is 8.61. The van der Waals surface area contributed by atoms with Crippen LogP contribution < -0.4 is 14.8 Å². The Kier molecular flexibility index (Phi) is 8.38. The molecule has 0 saturated heterocycles. The van der Waals surface area contributed by atoms with Crippen LogP contribution in [0.4, 0.5) is 5.69 Å². The molecule has 2 aromatic carbocycles. The fraction of sp³-hybridized carbons (Fsp3) is 0.286. The van der Waals surface area contributed by atoms with Crippen LogP contribution in [0.2, 0.25) is 0 Å². The minimum atomic E-state index is -4.07. The van der Waals surface area contributed by atoms with Gasteiger partial charge in [-0.25, -0.2) is 18.0 Å². The van der Waals surface area contributed by atoms with Gasteiger partial charge in [0, 0.05) is 13.1 Å². The minimum Gasteiger partial charge on any atom is -0.493 e. The summed E-state index contributed by atoms with van der Waals surface area (Å²) in [5, 5.41) is 2.44. The molecule has 0 heterocycles. The SMILES string of the molecule is COC(=O)c1ccc(C(=O)OC)c(NC(=O)CN(C)S(=O)(=O)c2ccc(OC)c(OC)c2)c1. The number of hydrogen-bond donors (Lipinski definition) is 1. The van der Waals surface area contributed by atoms with E-state index in [4.69, 9.17) is 9.47 Å². The van der Waals surface area contributed by atoms with Crippen molar-refractivity contribution in [2.75, 3.05) is 47.3 Å². The number of nitrogens with one attached hydrogen (secondary N) is 1. The molecule has 0 bridgehead atoms. The standard InChI is InChI=1S/C21H24N2O9S/c1-23(33(27,28)14-7-9-17(29-2)18(11-14)30-3)12-19(24)22-16-10-13(20(25)31-4)6-8-15(16)21(26)32-5/h6-11H,12H2,1-5H3,(H,22,24). The van der Waals surface area contributed by atoms with E-state index in [1.54, 1.807) is 0 Å². The molecular formula is C21H24N2O9S. The molecule has 0 aliphatic rings. The number of amides is 1. The highest BCUT2D eigenvalue weighted by atomic mass is 32.2. The summed E-state index contributed by atoms with van der Waals surface area (Å²) in [6, 6.07) is 7.89. The first-order chi connectivity index (χ1) is 15.6. The van der Waals surface area contributed by atoms with Crippen molar-refractivity contribution in [3.8, 4) is 11.5 Å². The van der Waals surface area contributed by atoms with Crippen molar-refractivity contribution in [1.82, 2.24) is 4.31 Å². The average molecular weight is 480 g/mol. The number of benzene rings is 2. The van der Waals surface area contributed by atoms with E-state index < -0.39 is 34.4 Å². The molecule has 178 valence electrons. The van der Waals surface area contributed by atoms with Crippen molar-refractivity contribution in [3.63, 3.8) is 0 Å². The molecule has 2 aromatic rings. The smallest absolute Gasteiger partial charge is 0.339 e. The third-order valence-electron chi connectivity index (χ3n) is 4.55. The van der Waals surface area contributed by atoms with Gasteiger partial charge in [0.05, 0.1) is 56.7 Å². The zero-order chi connectivity index (χ0) is 24.8. The summed E-state index contributed by atoms with van der Waals surface area (Å²) < 4.78 is 46.2. The van der Waals surface area contributed by atoms with E-state index >= 15 is 0 Å². The van der Waals surface area contributed by atoms with Gasteiger partial charge in [0.15, 0.2) is 11.5 Å². The van der Waals surface area contributed by atoms with E-state index in [1.165, 1.54) is 64.8 Å². The van der Waals surface area contributed by atoms with Gasteiger partial charge in [-0.05, 0) is 30.3 Å². The quantitative estimate of drug-likeness (QED) is 0.530. The first kappa shape index (κ1) is 25.6. The number of sulfonamides is 1. The summed E-state index contributed by atoms with van der Waals surface area (Å²) in [7, 11) is 2.28. The Balaban J connectivity index is 2.28. The third-order valence-corrected chi connectivity index (χ3v) is 6.35. The number of likely N-dealkylation sites (N-methyl/N-ethyl adjacent to an activating group) is 1. The summed E-state index contributed by atoms with van der Waals surface area (Å²) in [6.45, 7) is -0.584. The van der Waals surface area contributed by atoms with Gasteiger partial charge in [-0.3, -0.25) is 4.79 Å². The van der Waals surface area contributed by atoms with E-state index in [0.717, 1.165) is 11.4 Å². The predicted molar refractivity (Wildman–Crippen MR) is 117 cm³/mol. The maximum Gasteiger partial charge on any atom is 0.339 e. The fourth-order valence-electron chi connectivity index (χ4n) is 2.81. The molecule has 0 spiro atoms. The minimum absolute atomic E-state index is 0.0242. The van der Waals surface area contributed by atoms with Crippen LogP contribution in [-0.4, -0.2) is 72.6 Å². The highest BCUT2D eigenvalue weighted by molar-refractivity contribution is 7.89. The maximum absolute atomic E-state index is 12.9. The van der Waals surface area contributed by atoms with Crippen LogP contribution in [-0.2, 0) is 24.3 Å². The van der Waals surface area contributed by atoms with Crippen molar-refractivity contribution < 1.29 is 41.7 Å². The Morgan fingerprint density at radius 3 is 2.09 bits per heavy atom. The number of carbonyl (C=O) groups is 3. The molecule has 0 atom stereocenters. The van der Waals surface area contributed by atoms with Crippen LogP contribution in [0.3, 0.4) is 0 Å². The largest absolute Gasteiger partial charge is 0.493 e. The Hall–Kier alpha value is -3.64. The fourth-order valence-corrected chi connectivity index (χ4v) is 3.96. The topological polar surface area (TPSA) is 138 Å². The van der Waals surface area contributed by atoms with E-state index in [-0.39, 0.29) is 27.5 Å². The number of ether oxygens (including phenoxy) is 4. The zero-order valence-corrected chi connectivity index (χ0v) is 19.5. The number of rotatable bonds is 9. The molecule has 0 fully saturated rings. The van der Waals surface area contributed by atoms with Gasteiger partial charge in [0.25, 0.3) is 0 Å². The Morgan fingerprint density at radius 1 is 0.879 bits per heavy atom. The second kappa shape index (κ2) is 10.8. The Labute approximate surface area is 191 Å². The molecule has 0 unspecified atom stereocenters. The second-order valence-electron chi connectivity index (χ2n) is 6.57. The maximum atomic E-state index is 12.9. The summed E-state index contributed by atoms with van der Waals surface area (Å²) in [5.41, 5.74) is 0.0160. The average Bonchev–Trinajstić information content (AvgIpc) is 2.82. The van der Waals surface area contributed by atoms with Crippen molar-refractivity contribution in [2.24, 2.45) is 0 Å². The van der Waals surface area contributed by atoms with Crippen molar-refractivity contribution in [2.45, 2.75) is 4.90 Å². The van der Waals surface area contributed by atoms with Gasteiger partial charge in [-0.15, -0.1) is 0 Å². The van der Waals surface area contributed by atoms with E-state index in [9.17, 15) is 22.8 Å². The van der Waals surface area contributed by atoms with Crippen molar-refractivity contribution in [1.29, 1.82) is 0 Å². The summed E-state index contributed by atoms with van der Waals surface area (Å²) in [4.78, 5) is 36.3. The Morgan fingerprint density at radius 2 is 1.52 bits per heavy atom. The van der Waals surface area contributed by atoms with Gasteiger partial charge < -0.3 is 24.3 Å². The van der Waals surface area contributed by atoms with Gasteiger partial charge in [0.2, 0.25) is 15.9 Å². The lowest BCUT2D eigenvalue weighted by Gasteiger charge is -2.18. The third kappa shape index (κ3) is 5.79. The summed E-state index contributed by atoms with van der Waals surface area (Å²) in [6.07, 6.45) is 0. The molecule has 2 rings (SSSR count). The number of methoxy groups -OCH3 is 4. The molecule has 33 heavy (non-hydrogen) atoms. The molecule has 0 aliphatic heterocycles. The molecule has 12 heteroatoms. The van der Waals surface area contributed by atoms with E-state index in [1.807, 2.05) is 0 Å². The lowest BCUT2D eigenvalue weighted by Crippen LogP contribution is -2.35. The van der Waals surface area contributed by atoms with Crippen LogP contribution in [0, 0.1) is 0 Å². The zero-order valence-electron chi connectivity index (χ0n) is 18.7. The van der Waals surface area contributed by atoms with E-state index in [2.05, 4.69) is 14.8 Å². The molecule has 0 aliphatic carbocycles. The molecule has 0 radical (unpaired) electrons.